The fraction of sp³-hybridized carbons (Fsp3) is 1.00. The van der Waals surface area contributed by atoms with Crippen LogP contribution in [0.3, 0.4) is 0 Å². The second kappa shape index (κ2) is 7.38. The highest BCUT2D eigenvalue weighted by molar-refractivity contribution is 6.14. The average Bonchev–Trinajstić information content (AvgIpc) is 2.24. The van der Waals surface area contributed by atoms with Gasteiger partial charge in [0, 0.05) is 35.2 Å². The van der Waals surface area contributed by atoms with Crippen LogP contribution in [0, 0.1) is 0 Å². The molecule has 0 aliphatic carbocycles. The molecular weight excluding hydrogens is 204 g/mol. The van der Waals surface area contributed by atoms with Crippen LogP contribution in [0.5, 0.6) is 0 Å². The third-order valence-corrected chi connectivity index (χ3v) is 4.45. The molecule has 1 heterocycles. The lowest BCUT2D eigenvalue weighted by molar-refractivity contribution is -0.0235. The summed E-state index contributed by atoms with van der Waals surface area (Å²) in [5, 5.41) is 6.88. The van der Waals surface area contributed by atoms with Crippen LogP contribution in [0.4, 0.5) is 0 Å². The SMILES string of the molecule is CNCCNCCCC1([SiH3])CCCCO1. The van der Waals surface area contributed by atoms with Crippen LogP contribution in [0.25, 0.3) is 0 Å². The topological polar surface area (TPSA) is 33.3 Å². The van der Waals surface area contributed by atoms with Gasteiger partial charge in [0.25, 0.3) is 0 Å². The lowest BCUT2D eigenvalue weighted by Gasteiger charge is -2.34. The smallest absolute Gasteiger partial charge is 0.0486 e. The maximum Gasteiger partial charge on any atom is 0.0486 e. The van der Waals surface area contributed by atoms with E-state index in [1.165, 1.54) is 42.3 Å². The molecule has 0 radical (unpaired) electrons. The van der Waals surface area contributed by atoms with E-state index in [1.54, 1.807) is 0 Å². The van der Waals surface area contributed by atoms with Gasteiger partial charge in [-0.3, -0.25) is 0 Å². The monoisotopic (exact) mass is 230 g/mol. The Hall–Kier alpha value is 0.0969. The Labute approximate surface area is 96.8 Å². The van der Waals surface area contributed by atoms with Gasteiger partial charge in [-0.25, -0.2) is 0 Å². The fourth-order valence-electron chi connectivity index (χ4n) is 2.11. The molecule has 2 N–H and O–H groups in total. The second-order valence-electron chi connectivity index (χ2n) is 4.71. The summed E-state index contributed by atoms with van der Waals surface area (Å²) in [6.07, 6.45) is 6.45. The van der Waals surface area contributed by atoms with E-state index in [-0.39, 0.29) is 0 Å². The van der Waals surface area contributed by atoms with E-state index in [9.17, 15) is 0 Å². The van der Waals surface area contributed by atoms with Crippen LogP contribution in [0.15, 0.2) is 0 Å². The van der Waals surface area contributed by atoms with Crippen molar-refractivity contribution >= 4 is 10.2 Å². The van der Waals surface area contributed by atoms with Gasteiger partial charge < -0.3 is 15.4 Å². The van der Waals surface area contributed by atoms with Gasteiger partial charge in [0.15, 0.2) is 0 Å². The third kappa shape index (κ3) is 5.66. The first-order valence-corrected chi connectivity index (χ1v) is 7.26. The molecule has 0 aromatic heterocycles. The molecule has 90 valence electrons. The summed E-state index contributed by atoms with van der Waals surface area (Å²) in [6.45, 7) is 4.26. The molecule has 0 aromatic rings. The summed E-state index contributed by atoms with van der Waals surface area (Å²) in [6, 6.07) is 0. The highest BCUT2D eigenvalue weighted by atomic mass is 28.1. The molecule has 15 heavy (non-hydrogen) atoms. The molecule has 4 heteroatoms. The Morgan fingerprint density at radius 1 is 1.27 bits per heavy atom. The zero-order valence-corrected chi connectivity index (χ0v) is 12.3. The lowest BCUT2D eigenvalue weighted by atomic mass is 10.0. The van der Waals surface area contributed by atoms with E-state index < -0.39 is 0 Å². The first-order chi connectivity index (χ1) is 7.27. The van der Waals surface area contributed by atoms with Crippen molar-refractivity contribution in [2.75, 3.05) is 33.3 Å². The quantitative estimate of drug-likeness (QED) is 0.471. The minimum Gasteiger partial charge on any atom is -0.380 e. The van der Waals surface area contributed by atoms with Gasteiger partial charge in [0.05, 0.1) is 0 Å². The first-order valence-electron chi connectivity index (χ1n) is 6.26. The van der Waals surface area contributed by atoms with Gasteiger partial charge in [0.2, 0.25) is 0 Å². The Morgan fingerprint density at radius 3 is 2.80 bits per heavy atom. The summed E-state index contributed by atoms with van der Waals surface area (Å²) < 4.78 is 5.91. The largest absolute Gasteiger partial charge is 0.380 e. The Balaban J connectivity index is 1.98. The zero-order valence-electron chi connectivity index (χ0n) is 10.3. The molecule has 0 aromatic carbocycles. The summed E-state index contributed by atoms with van der Waals surface area (Å²) in [7, 11) is 3.18. The fourth-order valence-corrected chi connectivity index (χ4v) is 3.03. The van der Waals surface area contributed by atoms with Crippen molar-refractivity contribution in [3.63, 3.8) is 0 Å². The molecule has 1 fully saturated rings. The standard InChI is InChI=1S/C11H26N2OSi/c1-12-8-9-13-7-4-6-11(15)5-2-3-10-14-11/h12-13H,2-10H2,1,15H3. The number of nitrogens with one attached hydrogen (secondary N) is 2. The Bertz CT molecular complexity index is 161. The number of ether oxygens (including phenoxy) is 1. The molecule has 1 atom stereocenters. The summed E-state index contributed by atoms with van der Waals surface area (Å²) in [4.78, 5) is 0. The van der Waals surface area contributed by atoms with E-state index in [0.717, 1.165) is 26.2 Å². The van der Waals surface area contributed by atoms with Crippen LogP contribution in [-0.4, -0.2) is 48.8 Å². The molecule has 0 saturated carbocycles. The minimum absolute atomic E-state index is 0.308. The van der Waals surface area contributed by atoms with Crippen molar-refractivity contribution < 1.29 is 4.74 Å². The van der Waals surface area contributed by atoms with Crippen molar-refractivity contribution in [1.29, 1.82) is 0 Å². The van der Waals surface area contributed by atoms with Crippen LogP contribution in [0.1, 0.15) is 32.1 Å². The second-order valence-corrected chi connectivity index (χ2v) is 6.54. The van der Waals surface area contributed by atoms with Gasteiger partial charge in [-0.1, -0.05) is 0 Å². The summed E-state index contributed by atoms with van der Waals surface area (Å²) in [5.74, 6) is 0. The predicted molar refractivity (Wildman–Crippen MR) is 68.5 cm³/mol. The van der Waals surface area contributed by atoms with Crippen LogP contribution >= 0.6 is 0 Å². The molecule has 0 spiro atoms. The van der Waals surface area contributed by atoms with E-state index >= 15 is 0 Å². The molecular formula is C11H26N2OSi. The van der Waals surface area contributed by atoms with Gasteiger partial charge in [-0.15, -0.1) is 0 Å². The van der Waals surface area contributed by atoms with Gasteiger partial charge in [-0.05, 0) is 45.7 Å². The highest BCUT2D eigenvalue weighted by Gasteiger charge is 2.26. The molecule has 3 nitrogen and oxygen atoms in total. The number of hydrogen-bond donors (Lipinski definition) is 2. The summed E-state index contributed by atoms with van der Waals surface area (Å²) >= 11 is 0. The average molecular weight is 230 g/mol. The number of likely N-dealkylation sites (N-methyl/N-ethyl adjacent to an activating group) is 1. The van der Waals surface area contributed by atoms with E-state index in [1.807, 2.05) is 7.05 Å². The molecule has 1 rings (SSSR count). The molecule has 1 aliphatic heterocycles. The van der Waals surface area contributed by atoms with Crippen molar-refractivity contribution in [2.45, 2.75) is 37.3 Å². The van der Waals surface area contributed by atoms with Crippen molar-refractivity contribution in [2.24, 2.45) is 0 Å². The molecule has 1 aliphatic rings. The maximum absolute atomic E-state index is 5.91. The lowest BCUT2D eigenvalue weighted by Crippen LogP contribution is -2.37. The highest BCUT2D eigenvalue weighted by Crippen LogP contribution is 2.25. The number of rotatable bonds is 7. The molecule has 1 saturated heterocycles. The van der Waals surface area contributed by atoms with Crippen LogP contribution in [0.2, 0.25) is 0 Å². The van der Waals surface area contributed by atoms with Crippen molar-refractivity contribution in [3.8, 4) is 0 Å². The van der Waals surface area contributed by atoms with E-state index in [4.69, 9.17) is 4.74 Å². The maximum atomic E-state index is 5.91. The third-order valence-electron chi connectivity index (χ3n) is 3.16. The van der Waals surface area contributed by atoms with Gasteiger partial charge in [-0.2, -0.15) is 0 Å². The van der Waals surface area contributed by atoms with Crippen LogP contribution in [-0.2, 0) is 4.74 Å². The normalized spacial score (nSPS) is 27.0. The van der Waals surface area contributed by atoms with E-state index in [0.29, 0.717) is 5.22 Å². The van der Waals surface area contributed by atoms with Gasteiger partial charge >= 0.3 is 0 Å². The minimum atomic E-state index is 0.308. The number of hydrogen-bond acceptors (Lipinski definition) is 3. The van der Waals surface area contributed by atoms with Crippen LogP contribution < -0.4 is 10.6 Å². The molecule has 0 bridgehead atoms. The molecule has 1 unspecified atom stereocenters. The predicted octanol–water partition coefficient (Wildman–Crippen LogP) is -0.162. The zero-order chi connectivity index (χ0) is 11.0. The Morgan fingerprint density at radius 2 is 2.13 bits per heavy atom. The van der Waals surface area contributed by atoms with Crippen molar-refractivity contribution in [3.05, 3.63) is 0 Å². The van der Waals surface area contributed by atoms with Crippen molar-refractivity contribution in [1.82, 2.24) is 10.6 Å². The van der Waals surface area contributed by atoms with E-state index in [2.05, 4.69) is 10.6 Å². The van der Waals surface area contributed by atoms with Gasteiger partial charge in [0.1, 0.15) is 0 Å². The summed E-state index contributed by atoms with van der Waals surface area (Å²) in [5.41, 5.74) is 0. The Kier molecular flexibility index (Phi) is 6.48. The molecule has 0 amide bonds. The first kappa shape index (κ1) is 13.2.